The van der Waals surface area contributed by atoms with E-state index in [1.54, 1.807) is 0 Å². The summed E-state index contributed by atoms with van der Waals surface area (Å²) in [7, 11) is 0. The first-order valence-corrected chi connectivity index (χ1v) is 12.3. The Hall–Kier alpha value is -1.37. The van der Waals surface area contributed by atoms with Crippen molar-refractivity contribution in [3.05, 3.63) is 150 Å². The Morgan fingerprint density at radius 1 is 0.378 bits per heavy atom. The predicted molar refractivity (Wildman–Crippen MR) is 151 cm³/mol. The van der Waals surface area contributed by atoms with Gasteiger partial charge in [0.2, 0.25) is 0 Å². The molecule has 12 radical (unpaired) electrons. The Labute approximate surface area is 244 Å². The Morgan fingerprint density at radius 2 is 0.541 bits per heavy atom. The molecular weight excluding hydrogens is 484 g/mol. The van der Waals surface area contributed by atoms with E-state index < -0.39 is 0 Å². The fourth-order valence-electron chi connectivity index (χ4n) is 4.00. The fraction of sp³-hybridized carbons (Fsp3) is 0.286. The van der Waals surface area contributed by atoms with Gasteiger partial charge in [-0.15, -0.1) is 0 Å². The van der Waals surface area contributed by atoms with Crippen molar-refractivity contribution in [2.75, 3.05) is 0 Å². The van der Waals surface area contributed by atoms with Gasteiger partial charge in [0.05, 0.1) is 0 Å². The molecule has 2 fully saturated rings. The minimum Gasteiger partial charge on any atom is -0.0622 e. The summed E-state index contributed by atoms with van der Waals surface area (Å²) in [6.45, 7) is 26.5. The minimum absolute atomic E-state index is 0. The van der Waals surface area contributed by atoms with Crippen molar-refractivity contribution in [2.45, 2.75) is 69.2 Å². The van der Waals surface area contributed by atoms with Crippen molar-refractivity contribution in [1.82, 2.24) is 0 Å². The van der Waals surface area contributed by atoms with Gasteiger partial charge in [0.25, 0.3) is 0 Å². The largest absolute Gasteiger partial charge is 0.0622 e. The molecule has 2 aromatic rings. The predicted octanol–water partition coefficient (Wildman–Crippen LogP) is 9.15. The molecule has 2 aliphatic carbocycles. The molecule has 2 aliphatic rings. The topological polar surface area (TPSA) is 19.9 Å². The molecule has 2 saturated carbocycles. The maximum atomic E-state index is 7.50. The molecule has 0 atom stereocenters. The summed E-state index contributed by atoms with van der Waals surface area (Å²) in [5.74, 6) is 14.7. The maximum absolute atomic E-state index is 7.50. The van der Waals surface area contributed by atoms with Gasteiger partial charge in [-0.1, -0.05) is 130 Å². The summed E-state index contributed by atoms with van der Waals surface area (Å²) < 4.78 is 7.50. The van der Waals surface area contributed by atoms with Crippen LogP contribution in [0.4, 0.5) is 0 Å². The molecule has 0 aliphatic heterocycles. The first-order chi connectivity index (χ1) is 17.1. The van der Waals surface area contributed by atoms with Gasteiger partial charge in [0, 0.05) is 21.7 Å². The maximum Gasteiger partial charge on any atom is 0 e. The second-order valence-corrected chi connectivity index (χ2v) is 9.23. The normalized spacial score (nSPS) is 19.5. The zero-order chi connectivity index (χ0) is 27.4. The summed E-state index contributed by atoms with van der Waals surface area (Å²) in [5.41, 5.74) is 2.10. The molecular formula is C35H40OTi. The molecule has 1 nitrogen and oxygen atoms in total. The van der Waals surface area contributed by atoms with Gasteiger partial charge >= 0.3 is 11.3 Å². The average Bonchev–Trinajstić information content (AvgIpc) is 3.20. The van der Waals surface area contributed by atoms with E-state index in [4.69, 9.17) is 4.65 Å². The number of hydrogen-bond donors (Lipinski definition) is 0. The Kier molecular flexibility index (Phi) is 17.4. The van der Waals surface area contributed by atoms with Gasteiger partial charge in [-0.05, 0) is 82.5 Å². The molecule has 0 N–H and O–H groups in total. The van der Waals surface area contributed by atoms with Crippen molar-refractivity contribution >= 4 is 0 Å². The van der Waals surface area contributed by atoms with Crippen LogP contribution in [-0.2, 0) is 26.4 Å². The van der Waals surface area contributed by atoms with Crippen LogP contribution in [0.3, 0.4) is 0 Å². The second-order valence-electron chi connectivity index (χ2n) is 9.23. The molecule has 0 spiro atoms. The summed E-state index contributed by atoms with van der Waals surface area (Å²) in [6.07, 6.45) is 6.22. The van der Waals surface area contributed by atoms with E-state index in [1.165, 1.54) is 59.2 Å². The second kappa shape index (κ2) is 18.0. The Morgan fingerprint density at radius 3 is 0.703 bits per heavy atom. The van der Waals surface area contributed by atoms with Crippen LogP contribution in [0.2, 0.25) is 0 Å². The molecule has 0 saturated heterocycles. The number of rotatable bonds is 2. The average molecular weight is 525 g/mol. The van der Waals surface area contributed by atoms with Crippen LogP contribution in [0.1, 0.15) is 80.4 Å². The minimum atomic E-state index is 0. The van der Waals surface area contributed by atoms with E-state index in [2.05, 4.69) is 88.0 Å². The van der Waals surface area contributed by atoms with Gasteiger partial charge in [-0.25, -0.2) is 0 Å². The zero-order valence-electron chi connectivity index (χ0n) is 24.2. The van der Waals surface area contributed by atoms with E-state index in [1.807, 2.05) is 60.7 Å². The van der Waals surface area contributed by atoms with Crippen molar-refractivity contribution in [3.63, 3.8) is 0 Å². The standard InChI is InChI=1S/C14H10.2C10H15.CO.Ti/c1-3-7-13(8-4-1)11-12-14-9-5-2-6-10-14;2*1-6-7(2)9(4)10(5)8(6)3;1-2;/h1-10H;2*1-5H3;;. The molecule has 2 aromatic carbocycles. The third-order valence-corrected chi connectivity index (χ3v) is 7.52. The number of benzene rings is 2. The monoisotopic (exact) mass is 524 g/mol. The van der Waals surface area contributed by atoms with Crippen LogP contribution in [-0.4, -0.2) is 0 Å². The Balaban J connectivity index is 0.000000512. The third kappa shape index (κ3) is 10.4. The first-order valence-electron chi connectivity index (χ1n) is 12.3. The van der Waals surface area contributed by atoms with E-state index in [9.17, 15) is 0 Å². The van der Waals surface area contributed by atoms with Crippen molar-refractivity contribution in [2.24, 2.45) is 0 Å². The van der Waals surface area contributed by atoms with Crippen LogP contribution in [0, 0.1) is 78.0 Å². The fourth-order valence-corrected chi connectivity index (χ4v) is 4.00. The summed E-state index contributed by atoms with van der Waals surface area (Å²) in [6, 6.07) is 20.0. The molecule has 37 heavy (non-hydrogen) atoms. The molecule has 0 amide bonds. The van der Waals surface area contributed by atoms with Crippen molar-refractivity contribution < 1.29 is 26.4 Å². The van der Waals surface area contributed by atoms with Crippen molar-refractivity contribution in [3.8, 4) is 0 Å². The number of hydrogen-bond acceptors (Lipinski definition) is 0. The summed E-state index contributed by atoms with van der Waals surface area (Å²) in [4.78, 5) is 0. The molecule has 0 aromatic heterocycles. The molecule has 2 heteroatoms. The van der Waals surface area contributed by atoms with Crippen LogP contribution in [0.15, 0.2) is 60.7 Å². The molecule has 4 rings (SSSR count). The SMILES string of the molecule is C[C]1[C](C)[C](C)[C](C)[C]1C.C[C]1[C](C)[C](C)[C](C)[C]1C.[C-]#[O+].[C](=[C]c1ccccc1)c1ccccc1.[Ti]. The Bertz CT molecular complexity index is 728. The van der Waals surface area contributed by atoms with Crippen LogP contribution < -0.4 is 0 Å². The zero-order valence-corrected chi connectivity index (χ0v) is 25.7. The molecule has 190 valence electrons. The summed E-state index contributed by atoms with van der Waals surface area (Å²) in [5, 5.41) is 0. The van der Waals surface area contributed by atoms with E-state index in [0.717, 1.165) is 11.1 Å². The van der Waals surface area contributed by atoms with Crippen molar-refractivity contribution in [1.29, 1.82) is 0 Å². The van der Waals surface area contributed by atoms with Crippen LogP contribution in [0.5, 0.6) is 0 Å². The molecule has 0 heterocycles. The van der Waals surface area contributed by atoms with Gasteiger partial charge in [-0.2, -0.15) is 0 Å². The quantitative estimate of drug-likeness (QED) is 0.162. The van der Waals surface area contributed by atoms with E-state index in [-0.39, 0.29) is 21.7 Å². The molecule has 0 bridgehead atoms. The summed E-state index contributed by atoms with van der Waals surface area (Å²) >= 11 is 0. The molecule has 0 unspecified atom stereocenters. The first kappa shape index (κ1) is 35.6. The van der Waals surface area contributed by atoms with Gasteiger partial charge in [0.15, 0.2) is 0 Å². The van der Waals surface area contributed by atoms with Gasteiger partial charge in [0.1, 0.15) is 0 Å². The van der Waals surface area contributed by atoms with Gasteiger partial charge < -0.3 is 0 Å². The van der Waals surface area contributed by atoms with E-state index in [0.29, 0.717) is 0 Å². The third-order valence-electron chi connectivity index (χ3n) is 7.52. The van der Waals surface area contributed by atoms with Crippen LogP contribution in [0.25, 0.3) is 0 Å². The smallest absolute Gasteiger partial charge is 0 e. The van der Waals surface area contributed by atoms with Gasteiger partial charge in [-0.3, -0.25) is 0 Å². The van der Waals surface area contributed by atoms with Crippen LogP contribution >= 0.6 is 0 Å². The van der Waals surface area contributed by atoms with E-state index >= 15 is 0 Å².